The topological polar surface area (TPSA) is 53.1 Å². The lowest BCUT2D eigenvalue weighted by molar-refractivity contribution is 0.742. The number of nitrogens with one attached hydrogen (secondary N) is 1. The Morgan fingerprint density at radius 1 is 1.37 bits per heavy atom. The molecule has 2 heterocycles. The maximum absolute atomic E-state index is 7.47. The lowest BCUT2D eigenvalue weighted by Crippen LogP contribution is -2.29. The highest BCUT2D eigenvalue weighted by Crippen LogP contribution is 2.32. The number of hydrogen-bond acceptors (Lipinski definition) is 3. The zero-order valence-corrected chi connectivity index (χ0v) is 12.7. The Morgan fingerprint density at radius 2 is 2.21 bits per heavy atom. The molecule has 1 aliphatic heterocycles. The van der Waals surface area contributed by atoms with Gasteiger partial charge in [0, 0.05) is 28.0 Å². The quantitative estimate of drug-likeness (QED) is 0.653. The van der Waals surface area contributed by atoms with Gasteiger partial charge in [-0.2, -0.15) is 0 Å². The standard InChI is InChI=1S/C14H14BrN3S/c15-11-7-9(14(16)17)1-2-12(11)18-5-3-13-10(8-18)4-6-19-13/h1-2,4,6-7H,3,5,8H2,(H3,16,17). The van der Waals surface area contributed by atoms with Gasteiger partial charge in [-0.05, 0) is 57.6 Å². The molecule has 19 heavy (non-hydrogen) atoms. The third-order valence-electron chi connectivity index (χ3n) is 3.41. The van der Waals surface area contributed by atoms with Gasteiger partial charge in [-0.3, -0.25) is 5.41 Å². The fourth-order valence-corrected chi connectivity index (χ4v) is 3.90. The molecule has 0 spiro atoms. The molecule has 0 atom stereocenters. The van der Waals surface area contributed by atoms with Gasteiger partial charge in [0.1, 0.15) is 5.84 Å². The zero-order valence-electron chi connectivity index (χ0n) is 10.3. The minimum absolute atomic E-state index is 0.103. The Bertz CT molecular complexity index is 635. The maximum Gasteiger partial charge on any atom is 0.122 e. The van der Waals surface area contributed by atoms with Crippen LogP contribution < -0.4 is 10.6 Å². The van der Waals surface area contributed by atoms with Crippen molar-refractivity contribution in [3.8, 4) is 0 Å². The molecule has 5 heteroatoms. The first-order chi connectivity index (χ1) is 9.15. The summed E-state index contributed by atoms with van der Waals surface area (Å²) in [6, 6.07) is 8.08. The minimum atomic E-state index is 0.103. The van der Waals surface area contributed by atoms with Crippen molar-refractivity contribution in [2.45, 2.75) is 13.0 Å². The third-order valence-corrected chi connectivity index (χ3v) is 5.07. The summed E-state index contributed by atoms with van der Waals surface area (Å²) in [6.45, 7) is 1.99. The van der Waals surface area contributed by atoms with E-state index in [0.717, 1.165) is 29.5 Å². The van der Waals surface area contributed by atoms with Crippen molar-refractivity contribution in [1.29, 1.82) is 5.41 Å². The van der Waals surface area contributed by atoms with Crippen molar-refractivity contribution < 1.29 is 0 Å². The van der Waals surface area contributed by atoms with Crippen molar-refractivity contribution >= 4 is 38.8 Å². The number of nitrogens with two attached hydrogens (primary N) is 1. The Kier molecular flexibility index (Phi) is 3.33. The number of benzene rings is 1. The average molecular weight is 336 g/mol. The van der Waals surface area contributed by atoms with E-state index in [1.165, 1.54) is 16.1 Å². The van der Waals surface area contributed by atoms with Crippen LogP contribution in [-0.2, 0) is 13.0 Å². The molecule has 1 aromatic carbocycles. The number of thiophene rings is 1. The summed E-state index contributed by atoms with van der Waals surface area (Å²) in [5.74, 6) is 0.103. The van der Waals surface area contributed by atoms with Crippen LogP contribution in [0.25, 0.3) is 0 Å². The predicted molar refractivity (Wildman–Crippen MR) is 84.2 cm³/mol. The number of rotatable bonds is 2. The molecule has 0 fully saturated rings. The summed E-state index contributed by atoms with van der Waals surface area (Å²) in [4.78, 5) is 3.87. The SMILES string of the molecule is N=C(N)c1ccc(N2CCc3sccc3C2)c(Br)c1. The number of hydrogen-bond donors (Lipinski definition) is 2. The molecule has 0 amide bonds. The monoisotopic (exact) mass is 335 g/mol. The van der Waals surface area contributed by atoms with Crippen molar-refractivity contribution in [2.24, 2.45) is 5.73 Å². The lowest BCUT2D eigenvalue weighted by Gasteiger charge is -2.30. The molecular formula is C14H14BrN3S. The van der Waals surface area contributed by atoms with E-state index in [1.807, 2.05) is 29.5 Å². The van der Waals surface area contributed by atoms with Crippen LogP contribution in [0.2, 0.25) is 0 Å². The van der Waals surface area contributed by atoms with E-state index < -0.39 is 0 Å². The molecule has 2 aromatic rings. The highest BCUT2D eigenvalue weighted by Gasteiger charge is 2.19. The summed E-state index contributed by atoms with van der Waals surface area (Å²) in [5, 5.41) is 9.64. The van der Waals surface area contributed by atoms with Crippen LogP contribution in [0.5, 0.6) is 0 Å². The first-order valence-electron chi connectivity index (χ1n) is 6.09. The fraction of sp³-hybridized carbons (Fsp3) is 0.214. The first-order valence-corrected chi connectivity index (χ1v) is 7.76. The Labute approximate surface area is 124 Å². The molecule has 0 saturated heterocycles. The van der Waals surface area contributed by atoms with E-state index in [1.54, 1.807) is 0 Å². The second-order valence-electron chi connectivity index (χ2n) is 4.62. The van der Waals surface area contributed by atoms with Crippen LogP contribution in [0, 0.1) is 5.41 Å². The first kappa shape index (κ1) is 12.7. The van der Waals surface area contributed by atoms with Gasteiger partial charge in [0.15, 0.2) is 0 Å². The van der Waals surface area contributed by atoms with Crippen molar-refractivity contribution in [3.63, 3.8) is 0 Å². The molecule has 0 radical (unpaired) electrons. The van der Waals surface area contributed by atoms with E-state index in [0.29, 0.717) is 0 Å². The molecule has 0 aliphatic carbocycles. The minimum Gasteiger partial charge on any atom is -0.384 e. The molecule has 0 unspecified atom stereocenters. The van der Waals surface area contributed by atoms with Gasteiger partial charge < -0.3 is 10.6 Å². The Morgan fingerprint density at radius 3 is 2.95 bits per heavy atom. The van der Waals surface area contributed by atoms with Crippen LogP contribution in [0.4, 0.5) is 5.69 Å². The summed E-state index contributed by atoms with van der Waals surface area (Å²) in [7, 11) is 0. The Hall–Kier alpha value is -1.33. The normalized spacial score (nSPS) is 14.3. The molecule has 98 valence electrons. The van der Waals surface area contributed by atoms with E-state index >= 15 is 0 Å². The summed E-state index contributed by atoms with van der Waals surface area (Å²) < 4.78 is 0.999. The highest BCUT2D eigenvalue weighted by molar-refractivity contribution is 9.10. The van der Waals surface area contributed by atoms with Gasteiger partial charge >= 0.3 is 0 Å². The van der Waals surface area contributed by atoms with E-state index in [2.05, 4.69) is 32.3 Å². The third kappa shape index (κ3) is 2.40. The van der Waals surface area contributed by atoms with Crippen LogP contribution in [-0.4, -0.2) is 12.4 Å². The van der Waals surface area contributed by atoms with E-state index in [4.69, 9.17) is 11.1 Å². The number of anilines is 1. The van der Waals surface area contributed by atoms with Crippen molar-refractivity contribution in [2.75, 3.05) is 11.4 Å². The van der Waals surface area contributed by atoms with Gasteiger partial charge in [0.25, 0.3) is 0 Å². The van der Waals surface area contributed by atoms with Gasteiger partial charge in [-0.25, -0.2) is 0 Å². The van der Waals surface area contributed by atoms with E-state index in [9.17, 15) is 0 Å². The van der Waals surface area contributed by atoms with Crippen LogP contribution in [0.1, 0.15) is 16.0 Å². The van der Waals surface area contributed by atoms with Crippen LogP contribution >= 0.6 is 27.3 Å². The number of amidine groups is 1. The molecule has 3 nitrogen and oxygen atoms in total. The smallest absolute Gasteiger partial charge is 0.122 e. The summed E-state index contributed by atoms with van der Waals surface area (Å²) in [5.41, 5.74) is 8.86. The van der Waals surface area contributed by atoms with Crippen LogP contribution in [0.3, 0.4) is 0 Å². The number of fused-ring (bicyclic) bond motifs is 1. The lowest BCUT2D eigenvalue weighted by atomic mass is 10.1. The molecule has 1 aromatic heterocycles. The molecule has 3 N–H and O–H groups in total. The van der Waals surface area contributed by atoms with Crippen molar-refractivity contribution in [1.82, 2.24) is 0 Å². The molecule has 0 saturated carbocycles. The maximum atomic E-state index is 7.47. The molecule has 1 aliphatic rings. The number of nitrogen functional groups attached to an aromatic ring is 1. The average Bonchev–Trinajstić information content (AvgIpc) is 2.85. The van der Waals surface area contributed by atoms with E-state index in [-0.39, 0.29) is 5.84 Å². The predicted octanol–water partition coefficient (Wildman–Crippen LogP) is 3.36. The number of halogens is 1. The summed E-state index contributed by atoms with van der Waals surface area (Å²) >= 11 is 5.44. The summed E-state index contributed by atoms with van der Waals surface area (Å²) in [6.07, 6.45) is 1.11. The largest absolute Gasteiger partial charge is 0.384 e. The molecular weight excluding hydrogens is 322 g/mol. The second kappa shape index (κ2) is 4.98. The van der Waals surface area contributed by atoms with Gasteiger partial charge in [0.2, 0.25) is 0 Å². The Balaban J connectivity index is 1.90. The van der Waals surface area contributed by atoms with Crippen molar-refractivity contribution in [3.05, 3.63) is 50.1 Å². The van der Waals surface area contributed by atoms with Gasteiger partial charge in [-0.1, -0.05) is 0 Å². The highest BCUT2D eigenvalue weighted by atomic mass is 79.9. The molecule has 3 rings (SSSR count). The van der Waals surface area contributed by atoms with Crippen LogP contribution in [0.15, 0.2) is 34.1 Å². The number of nitrogens with zero attached hydrogens (tertiary/aromatic N) is 1. The second-order valence-corrected chi connectivity index (χ2v) is 6.48. The van der Waals surface area contributed by atoms with Gasteiger partial charge in [0.05, 0.1) is 5.69 Å². The zero-order chi connectivity index (χ0) is 13.4. The fourth-order valence-electron chi connectivity index (χ4n) is 2.38. The van der Waals surface area contributed by atoms with Gasteiger partial charge in [-0.15, -0.1) is 11.3 Å². The molecule has 0 bridgehead atoms.